The van der Waals surface area contributed by atoms with Crippen LogP contribution >= 0.6 is 0 Å². The fraction of sp³-hybridized carbons (Fsp3) is 0.571. The first kappa shape index (κ1) is 13.5. The van der Waals surface area contributed by atoms with E-state index in [9.17, 15) is 4.39 Å². The summed E-state index contributed by atoms with van der Waals surface area (Å²) in [6.45, 7) is 6.13. The van der Waals surface area contributed by atoms with Gasteiger partial charge in [0.1, 0.15) is 5.82 Å². The third-order valence-electron chi connectivity index (χ3n) is 3.47. The molecule has 1 aromatic rings. The molecule has 1 fully saturated rings. The highest BCUT2D eigenvalue weighted by Gasteiger charge is 2.22. The molecule has 0 spiro atoms. The third-order valence-corrected chi connectivity index (χ3v) is 3.47. The van der Waals surface area contributed by atoms with Crippen molar-refractivity contribution in [3.8, 4) is 0 Å². The average Bonchev–Trinajstić information content (AvgIpc) is 2.36. The molecule has 1 atom stereocenters. The van der Waals surface area contributed by atoms with Gasteiger partial charge in [-0.25, -0.2) is 4.39 Å². The second-order valence-corrected chi connectivity index (χ2v) is 4.83. The van der Waals surface area contributed by atoms with Crippen molar-refractivity contribution >= 4 is 0 Å². The van der Waals surface area contributed by atoms with Gasteiger partial charge in [0.05, 0.1) is 13.2 Å². The Morgan fingerprint density at radius 2 is 2.33 bits per heavy atom. The number of hydrogen-bond donors (Lipinski definition) is 1. The van der Waals surface area contributed by atoms with Crippen molar-refractivity contribution in [2.45, 2.75) is 19.5 Å². The molecule has 0 bridgehead atoms. The molecule has 2 rings (SSSR count). The second kappa shape index (κ2) is 6.27. The molecule has 1 saturated heterocycles. The highest BCUT2D eigenvalue weighted by Crippen LogP contribution is 2.16. The maximum Gasteiger partial charge on any atom is 0.123 e. The number of hydrogen-bond acceptors (Lipinski definition) is 3. The van der Waals surface area contributed by atoms with Crippen molar-refractivity contribution in [2.24, 2.45) is 0 Å². The van der Waals surface area contributed by atoms with Gasteiger partial charge in [-0.1, -0.05) is 6.07 Å². The molecule has 1 N–H and O–H groups in total. The number of rotatable bonds is 4. The number of nitrogens with zero attached hydrogens (tertiary/aromatic N) is 1. The zero-order valence-corrected chi connectivity index (χ0v) is 11.1. The summed E-state index contributed by atoms with van der Waals surface area (Å²) < 4.78 is 18.8. The maximum atomic E-state index is 13.3. The van der Waals surface area contributed by atoms with Crippen molar-refractivity contribution in [3.63, 3.8) is 0 Å². The Balaban J connectivity index is 2.08. The van der Waals surface area contributed by atoms with E-state index in [1.165, 1.54) is 6.07 Å². The largest absolute Gasteiger partial charge is 0.378 e. The van der Waals surface area contributed by atoms with Crippen LogP contribution in [0.3, 0.4) is 0 Å². The normalized spacial score (nSPS) is 21.2. The predicted octanol–water partition coefficient (Wildman–Crippen LogP) is 1.55. The maximum absolute atomic E-state index is 13.3. The summed E-state index contributed by atoms with van der Waals surface area (Å²) in [5, 5.41) is 3.18. The fourth-order valence-electron chi connectivity index (χ4n) is 2.35. The first-order valence-corrected chi connectivity index (χ1v) is 6.42. The van der Waals surface area contributed by atoms with Gasteiger partial charge in [-0.2, -0.15) is 0 Å². The number of nitrogens with one attached hydrogen (secondary N) is 1. The quantitative estimate of drug-likeness (QED) is 0.880. The molecule has 18 heavy (non-hydrogen) atoms. The molecule has 4 heteroatoms. The van der Waals surface area contributed by atoms with E-state index in [4.69, 9.17) is 4.74 Å². The molecular weight excluding hydrogens is 231 g/mol. The molecule has 100 valence electrons. The lowest BCUT2D eigenvalue weighted by atomic mass is 10.1. The zero-order valence-electron chi connectivity index (χ0n) is 11.1. The minimum Gasteiger partial charge on any atom is -0.378 e. The van der Waals surface area contributed by atoms with Crippen molar-refractivity contribution in [1.29, 1.82) is 0 Å². The van der Waals surface area contributed by atoms with E-state index in [-0.39, 0.29) is 5.82 Å². The van der Waals surface area contributed by atoms with Gasteiger partial charge in [0, 0.05) is 25.7 Å². The van der Waals surface area contributed by atoms with Crippen LogP contribution in [-0.2, 0) is 11.3 Å². The monoisotopic (exact) mass is 252 g/mol. The van der Waals surface area contributed by atoms with Gasteiger partial charge < -0.3 is 10.1 Å². The summed E-state index contributed by atoms with van der Waals surface area (Å²) in [5.74, 6) is -0.158. The van der Waals surface area contributed by atoms with Gasteiger partial charge in [0.25, 0.3) is 0 Å². The van der Waals surface area contributed by atoms with Gasteiger partial charge in [-0.3, -0.25) is 4.90 Å². The topological polar surface area (TPSA) is 24.5 Å². The Morgan fingerprint density at radius 1 is 1.50 bits per heavy atom. The van der Waals surface area contributed by atoms with Gasteiger partial charge >= 0.3 is 0 Å². The van der Waals surface area contributed by atoms with E-state index in [0.717, 1.165) is 44.0 Å². The lowest BCUT2D eigenvalue weighted by Gasteiger charge is -2.35. The Morgan fingerprint density at radius 3 is 3.11 bits per heavy atom. The van der Waals surface area contributed by atoms with E-state index in [0.29, 0.717) is 6.04 Å². The van der Waals surface area contributed by atoms with E-state index in [1.54, 1.807) is 6.07 Å². The summed E-state index contributed by atoms with van der Waals surface area (Å²) in [6.07, 6.45) is 0. The van der Waals surface area contributed by atoms with Crippen LogP contribution < -0.4 is 5.32 Å². The lowest BCUT2D eigenvalue weighted by Crippen LogP contribution is -2.49. The van der Waals surface area contributed by atoms with Crippen LogP contribution in [0.1, 0.15) is 11.1 Å². The number of ether oxygens (including phenoxy) is 1. The zero-order chi connectivity index (χ0) is 13.0. The number of likely N-dealkylation sites (N-methyl/N-ethyl adjacent to an activating group) is 1. The Kier molecular flexibility index (Phi) is 4.69. The summed E-state index contributed by atoms with van der Waals surface area (Å²) in [7, 11) is 1.94. The van der Waals surface area contributed by atoms with Crippen LogP contribution in [0.2, 0.25) is 0 Å². The third kappa shape index (κ3) is 3.28. The van der Waals surface area contributed by atoms with Crippen LogP contribution in [0.4, 0.5) is 4.39 Å². The lowest BCUT2D eigenvalue weighted by molar-refractivity contribution is -0.0104. The highest BCUT2D eigenvalue weighted by atomic mass is 19.1. The van der Waals surface area contributed by atoms with Crippen LogP contribution in [-0.4, -0.2) is 44.3 Å². The molecule has 0 aliphatic carbocycles. The smallest absolute Gasteiger partial charge is 0.123 e. The van der Waals surface area contributed by atoms with Crippen LogP contribution in [0.5, 0.6) is 0 Å². The molecule has 3 nitrogen and oxygen atoms in total. The summed E-state index contributed by atoms with van der Waals surface area (Å²) in [4.78, 5) is 2.36. The Labute approximate surface area is 108 Å². The number of halogens is 1. The predicted molar refractivity (Wildman–Crippen MR) is 70.1 cm³/mol. The molecule has 0 saturated carbocycles. The van der Waals surface area contributed by atoms with Crippen molar-refractivity contribution in [3.05, 3.63) is 35.1 Å². The molecule has 1 unspecified atom stereocenters. The van der Waals surface area contributed by atoms with E-state index < -0.39 is 0 Å². The van der Waals surface area contributed by atoms with E-state index in [2.05, 4.69) is 10.2 Å². The first-order chi connectivity index (χ1) is 8.70. The van der Waals surface area contributed by atoms with Crippen LogP contribution in [0.25, 0.3) is 0 Å². The second-order valence-electron chi connectivity index (χ2n) is 4.83. The van der Waals surface area contributed by atoms with E-state index >= 15 is 0 Å². The Hall–Kier alpha value is -0.970. The summed E-state index contributed by atoms with van der Waals surface area (Å²) >= 11 is 0. The molecule has 0 amide bonds. The molecule has 1 aromatic carbocycles. The average molecular weight is 252 g/mol. The van der Waals surface area contributed by atoms with E-state index in [1.807, 2.05) is 20.0 Å². The fourth-order valence-corrected chi connectivity index (χ4v) is 2.35. The number of benzene rings is 1. The Bertz CT molecular complexity index is 395. The molecule has 1 heterocycles. The molecule has 0 aromatic heterocycles. The van der Waals surface area contributed by atoms with Gasteiger partial charge in [-0.05, 0) is 37.2 Å². The minimum absolute atomic E-state index is 0.158. The highest BCUT2D eigenvalue weighted by molar-refractivity contribution is 5.26. The van der Waals surface area contributed by atoms with Crippen molar-refractivity contribution < 1.29 is 9.13 Å². The van der Waals surface area contributed by atoms with Crippen molar-refractivity contribution in [2.75, 3.05) is 33.4 Å². The first-order valence-electron chi connectivity index (χ1n) is 6.42. The molecule has 0 radical (unpaired) electrons. The number of morpholine rings is 1. The molecular formula is C14H21FN2O. The summed E-state index contributed by atoms with van der Waals surface area (Å²) in [6, 6.07) is 5.37. The van der Waals surface area contributed by atoms with Crippen LogP contribution in [0, 0.1) is 12.7 Å². The van der Waals surface area contributed by atoms with Gasteiger partial charge in [-0.15, -0.1) is 0 Å². The van der Waals surface area contributed by atoms with Crippen molar-refractivity contribution in [1.82, 2.24) is 10.2 Å². The molecule has 1 aliphatic rings. The standard InChI is InChI=1S/C14H21FN2O/c1-11-3-4-13(15)7-12(11)9-17-5-6-18-10-14(17)8-16-2/h3-4,7,14,16H,5-6,8-10H2,1-2H3. The molecule has 1 aliphatic heterocycles. The number of aryl methyl sites for hydroxylation is 1. The van der Waals surface area contributed by atoms with Gasteiger partial charge in [0.15, 0.2) is 0 Å². The summed E-state index contributed by atoms with van der Waals surface area (Å²) in [5.41, 5.74) is 2.21. The minimum atomic E-state index is -0.158. The van der Waals surface area contributed by atoms with Crippen LogP contribution in [0.15, 0.2) is 18.2 Å². The van der Waals surface area contributed by atoms with Gasteiger partial charge in [0.2, 0.25) is 0 Å². The SMILES string of the molecule is CNCC1COCCN1Cc1cc(F)ccc1C.